The Morgan fingerprint density at radius 1 is 1.26 bits per heavy atom. The summed E-state index contributed by atoms with van der Waals surface area (Å²) in [5.41, 5.74) is 1.13. The number of nitrogens with one attached hydrogen (secondary N) is 1. The molecule has 1 N–H and O–H groups in total. The van der Waals surface area contributed by atoms with Gasteiger partial charge in [0.05, 0.1) is 13.7 Å². The first-order valence-electron chi connectivity index (χ1n) is 8.38. The zero-order valence-corrected chi connectivity index (χ0v) is 13.6. The van der Waals surface area contributed by atoms with Gasteiger partial charge < -0.3 is 15.0 Å². The maximum atomic E-state index is 12.4. The summed E-state index contributed by atoms with van der Waals surface area (Å²) in [6.07, 6.45) is 4.73. The second kappa shape index (κ2) is 7.02. The average molecular weight is 316 g/mol. The summed E-state index contributed by atoms with van der Waals surface area (Å²) in [6, 6.07) is 8.14. The third-order valence-corrected chi connectivity index (χ3v) is 4.71. The van der Waals surface area contributed by atoms with E-state index in [9.17, 15) is 9.59 Å². The largest absolute Gasteiger partial charge is 0.496 e. The van der Waals surface area contributed by atoms with Crippen LogP contribution in [0.3, 0.4) is 0 Å². The number of hydrogen-bond acceptors (Lipinski definition) is 3. The van der Waals surface area contributed by atoms with Gasteiger partial charge in [0.25, 0.3) is 0 Å². The van der Waals surface area contributed by atoms with Crippen molar-refractivity contribution in [3.05, 3.63) is 29.8 Å². The molecule has 3 rings (SSSR count). The van der Waals surface area contributed by atoms with Crippen molar-refractivity contribution in [1.29, 1.82) is 0 Å². The van der Waals surface area contributed by atoms with Crippen LogP contribution < -0.4 is 10.1 Å². The first kappa shape index (κ1) is 15.8. The molecule has 2 aliphatic rings. The van der Waals surface area contributed by atoms with Crippen LogP contribution >= 0.6 is 0 Å². The Morgan fingerprint density at radius 2 is 2.04 bits per heavy atom. The molecule has 5 heteroatoms. The van der Waals surface area contributed by atoms with Crippen LogP contribution in [0.15, 0.2) is 24.3 Å². The van der Waals surface area contributed by atoms with Crippen LogP contribution in [0, 0.1) is 5.92 Å². The Labute approximate surface area is 137 Å². The molecule has 1 aliphatic heterocycles. The minimum Gasteiger partial charge on any atom is -0.496 e. The lowest BCUT2D eigenvalue weighted by molar-refractivity contribution is -0.133. The number of amides is 2. The number of likely N-dealkylation sites (tertiary alicyclic amines) is 1. The van der Waals surface area contributed by atoms with Crippen LogP contribution in [0.25, 0.3) is 0 Å². The van der Waals surface area contributed by atoms with Gasteiger partial charge in [-0.15, -0.1) is 0 Å². The quantitative estimate of drug-likeness (QED) is 0.870. The predicted molar refractivity (Wildman–Crippen MR) is 87.2 cm³/mol. The number of ether oxygens (including phenoxy) is 1. The molecule has 1 heterocycles. The normalized spacial score (nSPS) is 20.4. The standard InChI is InChI=1S/C18H24N2O3/c1-23-16-7-3-2-5-14(16)11-15-6-4-10-20(15)17(21)12-19-18(22)13-8-9-13/h2-3,5,7,13,15H,4,6,8-12H2,1H3,(H,19,22)/t15-/m1/s1. The van der Waals surface area contributed by atoms with Gasteiger partial charge in [-0.25, -0.2) is 0 Å². The smallest absolute Gasteiger partial charge is 0.242 e. The van der Waals surface area contributed by atoms with Gasteiger partial charge in [0, 0.05) is 18.5 Å². The molecular formula is C18H24N2O3. The van der Waals surface area contributed by atoms with Gasteiger partial charge in [0.1, 0.15) is 5.75 Å². The summed E-state index contributed by atoms with van der Waals surface area (Å²) in [5, 5.41) is 2.77. The van der Waals surface area contributed by atoms with E-state index in [-0.39, 0.29) is 30.3 Å². The number of nitrogens with zero attached hydrogens (tertiary/aromatic N) is 1. The van der Waals surface area contributed by atoms with Crippen LogP contribution in [0.4, 0.5) is 0 Å². The number of methoxy groups -OCH3 is 1. The van der Waals surface area contributed by atoms with Crippen molar-refractivity contribution in [3.8, 4) is 5.75 Å². The molecule has 5 nitrogen and oxygen atoms in total. The molecule has 1 aromatic carbocycles. The van der Waals surface area contributed by atoms with Crippen molar-refractivity contribution in [3.63, 3.8) is 0 Å². The third-order valence-electron chi connectivity index (χ3n) is 4.71. The fourth-order valence-corrected chi connectivity index (χ4v) is 3.26. The zero-order chi connectivity index (χ0) is 16.2. The molecule has 0 radical (unpaired) electrons. The minimum absolute atomic E-state index is 0.0244. The highest BCUT2D eigenvalue weighted by Crippen LogP contribution is 2.29. The zero-order valence-electron chi connectivity index (χ0n) is 13.6. The summed E-state index contributed by atoms with van der Waals surface area (Å²) >= 11 is 0. The number of benzene rings is 1. The summed E-state index contributed by atoms with van der Waals surface area (Å²) in [6.45, 7) is 0.899. The predicted octanol–water partition coefficient (Wildman–Crippen LogP) is 1.75. The van der Waals surface area contributed by atoms with Gasteiger partial charge >= 0.3 is 0 Å². The lowest BCUT2D eigenvalue weighted by atomic mass is 10.0. The lowest BCUT2D eigenvalue weighted by Crippen LogP contribution is -2.43. The molecule has 1 atom stereocenters. The molecule has 0 spiro atoms. The van der Waals surface area contributed by atoms with E-state index in [1.807, 2.05) is 23.1 Å². The minimum atomic E-state index is 0.0244. The Bertz CT molecular complexity index is 583. The monoisotopic (exact) mass is 316 g/mol. The molecule has 1 saturated carbocycles. The molecule has 1 saturated heterocycles. The highest BCUT2D eigenvalue weighted by atomic mass is 16.5. The number of carbonyl (C=O) groups excluding carboxylic acids is 2. The fourth-order valence-electron chi connectivity index (χ4n) is 3.26. The second-order valence-corrected chi connectivity index (χ2v) is 6.39. The molecule has 0 bridgehead atoms. The van der Waals surface area contributed by atoms with Crippen molar-refractivity contribution < 1.29 is 14.3 Å². The highest BCUT2D eigenvalue weighted by molar-refractivity contribution is 5.87. The van der Waals surface area contributed by atoms with Crippen LogP contribution in [-0.2, 0) is 16.0 Å². The topological polar surface area (TPSA) is 58.6 Å². The van der Waals surface area contributed by atoms with E-state index in [4.69, 9.17) is 4.74 Å². The molecule has 2 amide bonds. The Morgan fingerprint density at radius 3 is 2.78 bits per heavy atom. The average Bonchev–Trinajstić information content (AvgIpc) is 3.32. The van der Waals surface area contributed by atoms with Crippen molar-refractivity contribution in [2.75, 3.05) is 20.2 Å². The number of para-hydroxylation sites is 1. The molecule has 1 aliphatic carbocycles. The molecule has 0 aromatic heterocycles. The SMILES string of the molecule is COc1ccccc1C[C@H]1CCCN1C(=O)CNC(=O)C1CC1. The second-order valence-electron chi connectivity index (χ2n) is 6.39. The van der Waals surface area contributed by atoms with E-state index in [1.165, 1.54) is 0 Å². The maximum Gasteiger partial charge on any atom is 0.242 e. The van der Waals surface area contributed by atoms with Gasteiger partial charge in [-0.3, -0.25) is 9.59 Å². The van der Waals surface area contributed by atoms with Gasteiger partial charge in [0.2, 0.25) is 11.8 Å². The van der Waals surface area contributed by atoms with Crippen molar-refractivity contribution in [2.45, 2.75) is 38.1 Å². The number of rotatable bonds is 6. The Balaban J connectivity index is 1.58. The van der Waals surface area contributed by atoms with E-state index in [1.54, 1.807) is 7.11 Å². The van der Waals surface area contributed by atoms with Crippen LogP contribution in [0.2, 0.25) is 0 Å². The Kier molecular flexibility index (Phi) is 4.84. The molecule has 124 valence electrons. The summed E-state index contributed by atoms with van der Waals surface area (Å²) in [7, 11) is 1.67. The van der Waals surface area contributed by atoms with Crippen LogP contribution in [0.1, 0.15) is 31.2 Å². The summed E-state index contributed by atoms with van der Waals surface area (Å²) in [5.74, 6) is 1.06. The van der Waals surface area contributed by atoms with Gasteiger partial charge in [0.15, 0.2) is 0 Å². The summed E-state index contributed by atoms with van der Waals surface area (Å²) < 4.78 is 5.40. The van der Waals surface area contributed by atoms with Crippen molar-refractivity contribution in [2.24, 2.45) is 5.92 Å². The van der Waals surface area contributed by atoms with Gasteiger partial charge in [-0.1, -0.05) is 18.2 Å². The molecule has 1 aromatic rings. The first-order valence-corrected chi connectivity index (χ1v) is 8.38. The van der Waals surface area contributed by atoms with E-state index in [0.717, 1.165) is 50.0 Å². The van der Waals surface area contributed by atoms with Crippen LogP contribution in [0.5, 0.6) is 5.75 Å². The van der Waals surface area contributed by atoms with Gasteiger partial charge in [-0.05, 0) is 43.7 Å². The van der Waals surface area contributed by atoms with E-state index in [2.05, 4.69) is 11.4 Å². The van der Waals surface area contributed by atoms with E-state index >= 15 is 0 Å². The lowest BCUT2D eigenvalue weighted by Gasteiger charge is -2.25. The van der Waals surface area contributed by atoms with Gasteiger partial charge in [-0.2, -0.15) is 0 Å². The fraction of sp³-hybridized carbons (Fsp3) is 0.556. The van der Waals surface area contributed by atoms with E-state index in [0.29, 0.717) is 0 Å². The Hall–Kier alpha value is -2.04. The van der Waals surface area contributed by atoms with E-state index < -0.39 is 0 Å². The molecular weight excluding hydrogens is 292 g/mol. The number of carbonyl (C=O) groups is 2. The maximum absolute atomic E-state index is 12.4. The van der Waals surface area contributed by atoms with Crippen molar-refractivity contribution in [1.82, 2.24) is 10.2 Å². The number of hydrogen-bond donors (Lipinski definition) is 1. The molecule has 0 unspecified atom stereocenters. The summed E-state index contributed by atoms with van der Waals surface area (Å²) in [4.78, 5) is 26.0. The molecule has 2 fully saturated rings. The van der Waals surface area contributed by atoms with Crippen molar-refractivity contribution >= 4 is 11.8 Å². The highest BCUT2D eigenvalue weighted by Gasteiger charge is 2.32. The molecule has 23 heavy (non-hydrogen) atoms. The first-order chi connectivity index (χ1) is 11.2. The van der Waals surface area contributed by atoms with Crippen LogP contribution in [-0.4, -0.2) is 43.0 Å². The third kappa shape index (κ3) is 3.84.